The van der Waals surface area contributed by atoms with Crippen LogP contribution in [0.4, 0.5) is 19.0 Å². The van der Waals surface area contributed by atoms with Gasteiger partial charge in [0.2, 0.25) is 0 Å². The van der Waals surface area contributed by atoms with Crippen molar-refractivity contribution in [2.45, 2.75) is 30.5 Å². The maximum atomic E-state index is 13.0. The van der Waals surface area contributed by atoms with Crippen LogP contribution in [-0.2, 0) is 16.2 Å². The number of pyridine rings is 1. The van der Waals surface area contributed by atoms with Gasteiger partial charge in [-0.3, -0.25) is 4.72 Å². The molecule has 1 aromatic heterocycles. The molecule has 0 saturated heterocycles. The zero-order valence-electron chi connectivity index (χ0n) is 12.6. The normalized spacial score (nSPS) is 13.5. The van der Waals surface area contributed by atoms with E-state index in [2.05, 4.69) is 4.98 Å². The van der Waals surface area contributed by atoms with Gasteiger partial charge in [-0.05, 0) is 30.7 Å². The van der Waals surface area contributed by atoms with Crippen molar-refractivity contribution in [2.75, 3.05) is 4.72 Å². The van der Waals surface area contributed by atoms with Crippen molar-refractivity contribution in [1.29, 1.82) is 0 Å². The maximum absolute atomic E-state index is 13.0. The van der Waals surface area contributed by atoms with E-state index in [4.69, 9.17) is 0 Å². The standard InChI is InChI=1S/C15H15F3N2O3S/c1-2-12(21)11-7-5-9-14(19-11)20-24(22,23)13-8-4-3-6-10(13)15(16,17)18/h3-9,12,21H,2H2,1H3,(H,19,20). The van der Waals surface area contributed by atoms with Crippen LogP contribution in [0.25, 0.3) is 0 Å². The van der Waals surface area contributed by atoms with Gasteiger partial charge in [0.1, 0.15) is 5.82 Å². The monoisotopic (exact) mass is 360 g/mol. The van der Waals surface area contributed by atoms with E-state index in [0.29, 0.717) is 12.5 Å². The number of alkyl halides is 3. The topological polar surface area (TPSA) is 79.3 Å². The lowest BCUT2D eigenvalue weighted by atomic mass is 10.2. The van der Waals surface area contributed by atoms with Gasteiger partial charge in [-0.1, -0.05) is 25.1 Å². The van der Waals surface area contributed by atoms with E-state index in [1.165, 1.54) is 24.3 Å². The fraction of sp³-hybridized carbons (Fsp3) is 0.267. The number of hydrogen-bond acceptors (Lipinski definition) is 4. The summed E-state index contributed by atoms with van der Waals surface area (Å²) >= 11 is 0. The second-order valence-corrected chi connectivity index (χ2v) is 6.62. The second kappa shape index (κ2) is 6.78. The number of aromatic nitrogens is 1. The molecule has 0 fully saturated rings. The van der Waals surface area contributed by atoms with Gasteiger partial charge in [0.25, 0.3) is 10.0 Å². The van der Waals surface area contributed by atoms with Crippen molar-refractivity contribution < 1.29 is 26.7 Å². The summed E-state index contributed by atoms with van der Waals surface area (Å²) in [6, 6.07) is 8.12. The van der Waals surface area contributed by atoms with Gasteiger partial charge in [-0.25, -0.2) is 13.4 Å². The Morgan fingerprint density at radius 2 is 1.83 bits per heavy atom. The van der Waals surface area contributed by atoms with E-state index in [1.54, 1.807) is 6.92 Å². The summed E-state index contributed by atoms with van der Waals surface area (Å²) in [4.78, 5) is 3.04. The zero-order chi connectivity index (χ0) is 18.0. The Kier molecular flexibility index (Phi) is 5.14. The van der Waals surface area contributed by atoms with E-state index in [0.717, 1.165) is 12.1 Å². The number of sulfonamides is 1. The molecule has 130 valence electrons. The van der Waals surface area contributed by atoms with Crippen LogP contribution in [0.5, 0.6) is 0 Å². The Hall–Kier alpha value is -2.13. The summed E-state index contributed by atoms with van der Waals surface area (Å²) in [6.45, 7) is 1.71. The average molecular weight is 360 g/mol. The number of nitrogens with one attached hydrogen (secondary N) is 1. The molecule has 9 heteroatoms. The van der Waals surface area contributed by atoms with Crippen LogP contribution in [0.3, 0.4) is 0 Å². The quantitative estimate of drug-likeness (QED) is 0.857. The lowest BCUT2D eigenvalue weighted by Gasteiger charge is -2.14. The van der Waals surface area contributed by atoms with Crippen LogP contribution in [0.2, 0.25) is 0 Å². The Morgan fingerprint density at radius 3 is 2.46 bits per heavy atom. The van der Waals surface area contributed by atoms with Crippen LogP contribution in [0.1, 0.15) is 30.7 Å². The van der Waals surface area contributed by atoms with Crippen molar-refractivity contribution in [1.82, 2.24) is 4.98 Å². The molecule has 1 atom stereocenters. The molecule has 0 bridgehead atoms. The number of nitrogens with zero attached hydrogens (tertiary/aromatic N) is 1. The predicted molar refractivity (Wildman–Crippen MR) is 81.7 cm³/mol. The predicted octanol–water partition coefficient (Wildman–Crippen LogP) is 3.34. The molecular weight excluding hydrogens is 345 g/mol. The largest absolute Gasteiger partial charge is 0.417 e. The average Bonchev–Trinajstić information content (AvgIpc) is 2.53. The lowest BCUT2D eigenvalue weighted by Crippen LogP contribution is -2.19. The first-order chi connectivity index (χ1) is 11.1. The third kappa shape index (κ3) is 4.04. The number of benzene rings is 1. The third-order valence-corrected chi connectivity index (χ3v) is 4.63. The Balaban J connectivity index is 2.40. The molecule has 0 aliphatic rings. The van der Waals surface area contributed by atoms with Crippen molar-refractivity contribution in [3.8, 4) is 0 Å². The van der Waals surface area contributed by atoms with Gasteiger partial charge in [0.15, 0.2) is 0 Å². The summed E-state index contributed by atoms with van der Waals surface area (Å²) in [6.07, 6.45) is -5.34. The molecule has 1 unspecified atom stereocenters. The minimum atomic E-state index is -4.81. The number of rotatable bonds is 5. The molecule has 0 spiro atoms. The maximum Gasteiger partial charge on any atom is 0.417 e. The SMILES string of the molecule is CCC(O)c1cccc(NS(=O)(=O)c2ccccc2C(F)(F)F)n1. The summed E-state index contributed by atoms with van der Waals surface area (Å²) in [5.41, 5.74) is -1.04. The van der Waals surface area contributed by atoms with E-state index in [-0.39, 0.29) is 11.5 Å². The molecule has 0 amide bonds. The van der Waals surface area contributed by atoms with Crippen LogP contribution >= 0.6 is 0 Å². The van der Waals surface area contributed by atoms with E-state index >= 15 is 0 Å². The summed E-state index contributed by atoms with van der Waals surface area (Å²) in [5, 5.41) is 9.73. The molecule has 24 heavy (non-hydrogen) atoms. The highest BCUT2D eigenvalue weighted by atomic mass is 32.2. The zero-order valence-corrected chi connectivity index (χ0v) is 13.4. The van der Waals surface area contributed by atoms with Gasteiger partial charge < -0.3 is 5.11 Å². The van der Waals surface area contributed by atoms with Gasteiger partial charge >= 0.3 is 6.18 Å². The second-order valence-electron chi connectivity index (χ2n) is 4.97. The molecule has 2 rings (SSSR count). The summed E-state index contributed by atoms with van der Waals surface area (Å²) in [5.74, 6) is -0.169. The summed E-state index contributed by atoms with van der Waals surface area (Å²) < 4.78 is 65.6. The van der Waals surface area contributed by atoms with Crippen molar-refractivity contribution in [3.63, 3.8) is 0 Å². The van der Waals surface area contributed by atoms with Crippen LogP contribution in [0.15, 0.2) is 47.4 Å². The first-order valence-corrected chi connectivity index (χ1v) is 8.47. The molecule has 1 aromatic carbocycles. The van der Waals surface area contributed by atoms with Crippen LogP contribution < -0.4 is 4.72 Å². The lowest BCUT2D eigenvalue weighted by molar-refractivity contribution is -0.139. The third-order valence-electron chi connectivity index (χ3n) is 3.22. The molecule has 0 aliphatic heterocycles. The van der Waals surface area contributed by atoms with Crippen molar-refractivity contribution in [2.24, 2.45) is 0 Å². The first kappa shape index (κ1) is 18.2. The molecule has 0 aliphatic carbocycles. The highest BCUT2D eigenvalue weighted by Crippen LogP contribution is 2.34. The molecule has 2 N–H and O–H groups in total. The number of hydrogen-bond donors (Lipinski definition) is 2. The summed E-state index contributed by atoms with van der Waals surface area (Å²) in [7, 11) is -4.49. The van der Waals surface area contributed by atoms with E-state index < -0.39 is 32.8 Å². The molecule has 2 aromatic rings. The highest BCUT2D eigenvalue weighted by molar-refractivity contribution is 7.92. The number of aliphatic hydroxyl groups excluding tert-OH is 1. The van der Waals surface area contributed by atoms with Crippen LogP contribution in [-0.4, -0.2) is 18.5 Å². The Morgan fingerprint density at radius 1 is 1.17 bits per heavy atom. The number of aliphatic hydroxyl groups is 1. The van der Waals surface area contributed by atoms with Gasteiger partial charge in [-0.2, -0.15) is 13.2 Å². The Labute approximate surface area is 137 Å². The Bertz CT molecular complexity index is 823. The van der Waals surface area contributed by atoms with Gasteiger partial charge in [0, 0.05) is 0 Å². The van der Waals surface area contributed by atoms with Crippen LogP contribution in [0, 0.1) is 0 Å². The first-order valence-electron chi connectivity index (χ1n) is 6.99. The molecular formula is C15H15F3N2O3S. The van der Waals surface area contributed by atoms with Crippen molar-refractivity contribution in [3.05, 3.63) is 53.7 Å². The molecule has 5 nitrogen and oxygen atoms in total. The van der Waals surface area contributed by atoms with Crippen molar-refractivity contribution >= 4 is 15.8 Å². The fourth-order valence-electron chi connectivity index (χ4n) is 2.03. The van der Waals surface area contributed by atoms with Gasteiger partial charge in [-0.15, -0.1) is 0 Å². The minimum absolute atomic E-state index is 0.169. The number of anilines is 1. The smallest absolute Gasteiger partial charge is 0.387 e. The minimum Gasteiger partial charge on any atom is -0.387 e. The number of halogens is 3. The molecule has 1 heterocycles. The van der Waals surface area contributed by atoms with Gasteiger partial charge in [0.05, 0.1) is 22.3 Å². The highest BCUT2D eigenvalue weighted by Gasteiger charge is 2.37. The molecule has 0 saturated carbocycles. The van der Waals surface area contributed by atoms with E-state index in [9.17, 15) is 26.7 Å². The van der Waals surface area contributed by atoms with E-state index in [1.807, 2.05) is 4.72 Å². The molecule has 0 radical (unpaired) electrons. The fourth-order valence-corrected chi connectivity index (χ4v) is 3.26.